The van der Waals surface area contributed by atoms with Crippen LogP contribution in [0.5, 0.6) is 0 Å². The lowest BCUT2D eigenvalue weighted by molar-refractivity contribution is -0.131. The van der Waals surface area contributed by atoms with Crippen LogP contribution in [0.2, 0.25) is 0 Å². The molecule has 6 heteroatoms. The van der Waals surface area contributed by atoms with Gasteiger partial charge in [-0.25, -0.2) is 4.98 Å². The Hall–Kier alpha value is -1.98. The number of nitrogens with one attached hydrogen (secondary N) is 1. The number of hydrogen-bond acceptors (Lipinski definition) is 3. The third-order valence-corrected chi connectivity index (χ3v) is 2.57. The number of hydrogen-bond donors (Lipinski definition) is 1. The maximum atomic E-state index is 13.2. The Labute approximate surface area is 105 Å². The first kappa shape index (κ1) is 14.1. The van der Waals surface area contributed by atoms with Gasteiger partial charge < -0.3 is 10.2 Å². The molecule has 5 nitrogen and oxygen atoms in total. The smallest absolute Gasteiger partial charge is 0.256 e. The molecule has 18 heavy (non-hydrogen) atoms. The van der Waals surface area contributed by atoms with Gasteiger partial charge in [0, 0.05) is 19.8 Å². The van der Waals surface area contributed by atoms with Crippen LogP contribution >= 0.6 is 0 Å². The average Bonchev–Trinajstić information content (AvgIpc) is 2.37. The molecule has 1 unspecified atom stereocenters. The number of pyridine rings is 1. The molecular formula is C12H16FN3O2. The zero-order valence-electron chi connectivity index (χ0n) is 10.6. The van der Waals surface area contributed by atoms with E-state index in [-0.39, 0.29) is 11.5 Å². The summed E-state index contributed by atoms with van der Waals surface area (Å²) in [5.41, 5.74) is -0.170. The van der Waals surface area contributed by atoms with Crippen molar-refractivity contribution in [3.05, 3.63) is 29.8 Å². The molecule has 1 aromatic heterocycles. The van der Waals surface area contributed by atoms with E-state index in [0.29, 0.717) is 6.54 Å². The molecule has 0 fully saturated rings. The predicted molar refractivity (Wildman–Crippen MR) is 64.4 cm³/mol. The van der Waals surface area contributed by atoms with Gasteiger partial charge in [0.15, 0.2) is 0 Å². The summed E-state index contributed by atoms with van der Waals surface area (Å²) in [4.78, 5) is 28.3. The van der Waals surface area contributed by atoms with E-state index in [4.69, 9.17) is 0 Å². The molecule has 0 saturated carbocycles. The molecule has 1 aromatic rings. The van der Waals surface area contributed by atoms with Crippen molar-refractivity contribution < 1.29 is 14.0 Å². The fourth-order valence-corrected chi connectivity index (χ4v) is 1.38. The Morgan fingerprint density at radius 2 is 2.22 bits per heavy atom. The number of rotatable bonds is 4. The van der Waals surface area contributed by atoms with Crippen LogP contribution in [0, 0.1) is 5.95 Å². The Bertz CT molecular complexity index is 451. The number of nitrogens with zero attached hydrogens (tertiary/aromatic N) is 2. The van der Waals surface area contributed by atoms with Crippen LogP contribution in [0.1, 0.15) is 24.2 Å². The second-order valence-corrected chi connectivity index (χ2v) is 3.89. The van der Waals surface area contributed by atoms with Crippen molar-refractivity contribution in [3.8, 4) is 0 Å². The minimum absolute atomic E-state index is 0.170. The number of aromatic nitrogens is 1. The maximum absolute atomic E-state index is 13.2. The molecule has 0 radical (unpaired) electrons. The standard InChI is InChI=1S/C12H16FN3O2/c1-4-16(3)12(18)8(2)15-11(17)9-6-5-7-14-10(9)13/h5-8H,4H2,1-3H3,(H,15,17). The van der Waals surface area contributed by atoms with E-state index in [0.717, 1.165) is 0 Å². The zero-order valence-corrected chi connectivity index (χ0v) is 10.6. The SMILES string of the molecule is CCN(C)C(=O)C(C)NC(=O)c1cccnc1F. The summed E-state index contributed by atoms with van der Waals surface area (Å²) in [5.74, 6) is -1.72. The molecule has 0 aliphatic carbocycles. The minimum atomic E-state index is -0.849. The van der Waals surface area contributed by atoms with Gasteiger partial charge in [0.1, 0.15) is 6.04 Å². The number of halogens is 1. The van der Waals surface area contributed by atoms with E-state index in [1.54, 1.807) is 14.0 Å². The molecule has 0 bridgehead atoms. The largest absolute Gasteiger partial charge is 0.344 e. The molecule has 0 saturated heterocycles. The monoisotopic (exact) mass is 253 g/mol. The van der Waals surface area contributed by atoms with Gasteiger partial charge in [-0.3, -0.25) is 9.59 Å². The third-order valence-electron chi connectivity index (χ3n) is 2.57. The van der Waals surface area contributed by atoms with E-state index in [2.05, 4.69) is 10.3 Å². The molecule has 1 heterocycles. The van der Waals surface area contributed by atoms with Crippen LogP contribution in [-0.2, 0) is 4.79 Å². The molecule has 0 aromatic carbocycles. The number of carbonyl (C=O) groups is 2. The normalized spacial score (nSPS) is 11.8. The summed E-state index contributed by atoms with van der Waals surface area (Å²) in [5, 5.41) is 2.44. The molecular weight excluding hydrogens is 237 g/mol. The van der Waals surface area contributed by atoms with Crippen molar-refractivity contribution >= 4 is 11.8 Å². The second-order valence-electron chi connectivity index (χ2n) is 3.89. The molecule has 2 amide bonds. The van der Waals surface area contributed by atoms with Crippen molar-refractivity contribution in [2.75, 3.05) is 13.6 Å². The fourth-order valence-electron chi connectivity index (χ4n) is 1.38. The van der Waals surface area contributed by atoms with Crippen molar-refractivity contribution in [1.82, 2.24) is 15.2 Å². The predicted octanol–water partition coefficient (Wildman–Crippen LogP) is 0.817. The Kier molecular flexibility index (Phi) is 4.76. The lowest BCUT2D eigenvalue weighted by atomic mass is 10.2. The van der Waals surface area contributed by atoms with Crippen molar-refractivity contribution in [1.29, 1.82) is 0 Å². The molecule has 1 rings (SSSR count). The highest BCUT2D eigenvalue weighted by atomic mass is 19.1. The molecule has 98 valence electrons. The first-order chi connectivity index (χ1) is 8.47. The first-order valence-electron chi connectivity index (χ1n) is 5.63. The Morgan fingerprint density at radius 3 is 2.78 bits per heavy atom. The highest BCUT2D eigenvalue weighted by Crippen LogP contribution is 2.03. The molecule has 1 atom stereocenters. The number of likely N-dealkylation sites (N-methyl/N-ethyl adjacent to an activating group) is 1. The van der Waals surface area contributed by atoms with Crippen molar-refractivity contribution in [3.63, 3.8) is 0 Å². The highest BCUT2D eigenvalue weighted by Gasteiger charge is 2.20. The van der Waals surface area contributed by atoms with Gasteiger partial charge in [0.25, 0.3) is 5.91 Å². The maximum Gasteiger partial charge on any atom is 0.256 e. The van der Waals surface area contributed by atoms with Gasteiger partial charge in [0.2, 0.25) is 11.9 Å². The Balaban J connectivity index is 2.71. The summed E-state index contributed by atoms with van der Waals surface area (Å²) >= 11 is 0. The van der Waals surface area contributed by atoms with Crippen LogP contribution in [0.15, 0.2) is 18.3 Å². The van der Waals surface area contributed by atoms with Crippen LogP contribution in [0.3, 0.4) is 0 Å². The summed E-state index contributed by atoms with van der Waals surface area (Å²) in [6.07, 6.45) is 1.26. The summed E-state index contributed by atoms with van der Waals surface area (Å²) < 4.78 is 13.2. The quantitative estimate of drug-likeness (QED) is 0.808. The lowest BCUT2D eigenvalue weighted by Crippen LogP contribution is -2.45. The Morgan fingerprint density at radius 1 is 1.56 bits per heavy atom. The molecule has 0 aliphatic rings. The van der Waals surface area contributed by atoms with E-state index in [9.17, 15) is 14.0 Å². The van der Waals surface area contributed by atoms with Gasteiger partial charge in [-0.15, -0.1) is 0 Å². The summed E-state index contributed by atoms with van der Waals surface area (Å²) in [7, 11) is 1.63. The van der Waals surface area contributed by atoms with Crippen LogP contribution < -0.4 is 5.32 Å². The second kappa shape index (κ2) is 6.09. The van der Waals surface area contributed by atoms with Gasteiger partial charge in [0.05, 0.1) is 5.56 Å². The minimum Gasteiger partial charge on any atom is -0.344 e. The highest BCUT2D eigenvalue weighted by molar-refractivity contribution is 5.97. The third kappa shape index (κ3) is 3.26. The first-order valence-corrected chi connectivity index (χ1v) is 5.63. The van der Waals surface area contributed by atoms with E-state index >= 15 is 0 Å². The number of carbonyl (C=O) groups excluding carboxylic acids is 2. The zero-order chi connectivity index (χ0) is 13.7. The van der Waals surface area contributed by atoms with Crippen molar-refractivity contribution in [2.45, 2.75) is 19.9 Å². The van der Waals surface area contributed by atoms with Gasteiger partial charge >= 0.3 is 0 Å². The van der Waals surface area contributed by atoms with E-state index < -0.39 is 17.9 Å². The van der Waals surface area contributed by atoms with Gasteiger partial charge in [-0.05, 0) is 26.0 Å². The van der Waals surface area contributed by atoms with E-state index in [1.165, 1.54) is 23.2 Å². The van der Waals surface area contributed by atoms with Gasteiger partial charge in [-0.2, -0.15) is 4.39 Å². The van der Waals surface area contributed by atoms with Gasteiger partial charge in [-0.1, -0.05) is 0 Å². The molecule has 0 spiro atoms. The number of amides is 2. The topological polar surface area (TPSA) is 62.3 Å². The van der Waals surface area contributed by atoms with Crippen LogP contribution in [0.4, 0.5) is 4.39 Å². The average molecular weight is 253 g/mol. The molecule has 0 aliphatic heterocycles. The molecule has 1 N–H and O–H groups in total. The van der Waals surface area contributed by atoms with Crippen molar-refractivity contribution in [2.24, 2.45) is 0 Å². The lowest BCUT2D eigenvalue weighted by Gasteiger charge is -2.20. The van der Waals surface area contributed by atoms with E-state index in [1.807, 2.05) is 6.92 Å². The summed E-state index contributed by atoms with van der Waals surface area (Å²) in [6, 6.07) is 2.07. The van der Waals surface area contributed by atoms with Crippen LogP contribution in [0.25, 0.3) is 0 Å². The van der Waals surface area contributed by atoms with Crippen LogP contribution in [-0.4, -0.2) is 41.3 Å². The summed E-state index contributed by atoms with van der Waals surface area (Å²) in [6.45, 7) is 3.92. The fraction of sp³-hybridized carbons (Fsp3) is 0.417.